The largest absolute Gasteiger partial charge is 0.273 e. The fourth-order valence-electron chi connectivity index (χ4n) is 3.74. The Labute approximate surface area is 171 Å². The zero-order chi connectivity index (χ0) is 20.0. The summed E-state index contributed by atoms with van der Waals surface area (Å²) in [5.41, 5.74) is 1.96. The third-order valence-corrected chi connectivity index (χ3v) is 5.68. The molecule has 0 radical (unpaired) electrons. The van der Waals surface area contributed by atoms with Gasteiger partial charge in [0.2, 0.25) is 0 Å². The molecule has 0 spiro atoms. The van der Waals surface area contributed by atoms with Crippen molar-refractivity contribution in [1.82, 2.24) is 19.7 Å². The highest BCUT2D eigenvalue weighted by molar-refractivity contribution is 7.98. The van der Waals surface area contributed by atoms with Crippen LogP contribution in [-0.4, -0.2) is 37.7 Å². The van der Waals surface area contributed by atoms with Gasteiger partial charge in [-0.25, -0.2) is 0 Å². The van der Waals surface area contributed by atoms with Crippen LogP contribution in [0.4, 0.5) is 0 Å². The van der Waals surface area contributed by atoms with Crippen LogP contribution in [0.15, 0.2) is 71.9 Å². The highest BCUT2D eigenvalue weighted by Gasteiger charge is 2.34. The number of carbonyl (C=O) groups excluding carboxylic acids is 2. The van der Waals surface area contributed by atoms with Gasteiger partial charge in [0.1, 0.15) is 0 Å². The molecule has 0 saturated carbocycles. The number of nitrogens with zero attached hydrogens (tertiary/aromatic N) is 4. The molecule has 29 heavy (non-hydrogen) atoms. The molecule has 0 N–H and O–H groups in total. The molecule has 0 fully saturated rings. The predicted octanol–water partition coefficient (Wildman–Crippen LogP) is 3.94. The Morgan fingerprint density at radius 3 is 2.10 bits per heavy atom. The van der Waals surface area contributed by atoms with Crippen molar-refractivity contribution in [2.24, 2.45) is 0 Å². The zero-order valence-corrected chi connectivity index (χ0v) is 16.4. The summed E-state index contributed by atoms with van der Waals surface area (Å²) in [6.07, 6.45) is 1.92. The molecule has 7 heteroatoms. The fraction of sp³-hybridized carbons (Fsp3) is 0.0909. The molecule has 4 aromatic rings. The van der Waals surface area contributed by atoms with E-state index in [0.717, 1.165) is 16.5 Å². The summed E-state index contributed by atoms with van der Waals surface area (Å²) < 4.78 is 1.88. The van der Waals surface area contributed by atoms with Gasteiger partial charge in [0.05, 0.1) is 6.54 Å². The molecule has 5 rings (SSSR count). The lowest BCUT2D eigenvalue weighted by atomic mass is 9.94. The summed E-state index contributed by atoms with van der Waals surface area (Å²) in [4.78, 5) is 27.6. The molecule has 6 nitrogen and oxygen atoms in total. The minimum Gasteiger partial charge on any atom is -0.273 e. The van der Waals surface area contributed by atoms with Gasteiger partial charge in [-0.05, 0) is 35.9 Å². The molecular weight excluding hydrogens is 384 g/mol. The van der Waals surface area contributed by atoms with Crippen LogP contribution in [-0.2, 0) is 6.54 Å². The van der Waals surface area contributed by atoms with Gasteiger partial charge in [0.15, 0.2) is 11.0 Å². The first-order valence-corrected chi connectivity index (χ1v) is 10.3. The smallest absolute Gasteiger partial charge is 0.261 e. The van der Waals surface area contributed by atoms with Crippen molar-refractivity contribution in [3.05, 3.63) is 83.7 Å². The van der Waals surface area contributed by atoms with E-state index in [1.165, 1.54) is 16.7 Å². The average molecular weight is 400 g/mol. The number of carbonyl (C=O) groups is 2. The number of rotatable bonds is 4. The van der Waals surface area contributed by atoms with Crippen molar-refractivity contribution in [2.45, 2.75) is 11.7 Å². The van der Waals surface area contributed by atoms with E-state index in [4.69, 9.17) is 0 Å². The van der Waals surface area contributed by atoms with Crippen LogP contribution in [0.25, 0.3) is 16.5 Å². The first-order chi connectivity index (χ1) is 14.2. The maximum absolute atomic E-state index is 13.2. The maximum atomic E-state index is 13.2. The van der Waals surface area contributed by atoms with E-state index in [0.29, 0.717) is 22.1 Å². The van der Waals surface area contributed by atoms with E-state index in [-0.39, 0.29) is 18.4 Å². The second-order valence-corrected chi connectivity index (χ2v) is 7.45. The summed E-state index contributed by atoms with van der Waals surface area (Å²) >= 11 is 1.46. The lowest BCUT2D eigenvalue weighted by Crippen LogP contribution is -2.40. The molecule has 0 bridgehead atoms. The number of aromatic nitrogens is 3. The minimum atomic E-state index is -0.312. The zero-order valence-electron chi connectivity index (χ0n) is 15.6. The van der Waals surface area contributed by atoms with Gasteiger partial charge in [-0.1, -0.05) is 54.2 Å². The van der Waals surface area contributed by atoms with Gasteiger partial charge in [-0.15, -0.1) is 10.2 Å². The molecule has 0 aliphatic carbocycles. The molecule has 1 aromatic heterocycles. The maximum Gasteiger partial charge on any atom is 0.261 e. The van der Waals surface area contributed by atoms with Crippen LogP contribution in [0, 0.1) is 0 Å². The Morgan fingerprint density at radius 2 is 1.48 bits per heavy atom. The molecule has 1 aliphatic heterocycles. The van der Waals surface area contributed by atoms with Gasteiger partial charge >= 0.3 is 0 Å². The number of para-hydroxylation sites is 1. The second kappa shape index (κ2) is 6.86. The normalized spacial score (nSPS) is 13.3. The topological polar surface area (TPSA) is 68.1 Å². The SMILES string of the molecule is CSc1nnc(CN2C(=O)c3cccc4cccc(c34)C2=O)n1-c1ccccc1. The minimum absolute atomic E-state index is 0.0465. The van der Waals surface area contributed by atoms with Crippen molar-refractivity contribution in [3.63, 3.8) is 0 Å². The predicted molar refractivity (Wildman–Crippen MR) is 111 cm³/mol. The third kappa shape index (κ3) is 2.74. The van der Waals surface area contributed by atoms with Crippen LogP contribution in [0.5, 0.6) is 0 Å². The van der Waals surface area contributed by atoms with Gasteiger partial charge in [-0.3, -0.25) is 19.1 Å². The van der Waals surface area contributed by atoms with E-state index in [2.05, 4.69) is 10.2 Å². The molecule has 3 aromatic carbocycles. The number of hydrogen-bond acceptors (Lipinski definition) is 5. The van der Waals surface area contributed by atoms with Gasteiger partial charge in [0, 0.05) is 22.2 Å². The first-order valence-electron chi connectivity index (χ1n) is 9.10. The Bertz CT molecular complexity index is 1220. The quantitative estimate of drug-likeness (QED) is 0.383. The van der Waals surface area contributed by atoms with E-state index in [1.807, 2.05) is 65.4 Å². The van der Waals surface area contributed by atoms with E-state index < -0.39 is 0 Å². The van der Waals surface area contributed by atoms with Crippen molar-refractivity contribution in [3.8, 4) is 5.69 Å². The summed E-state index contributed by atoms with van der Waals surface area (Å²) in [6.45, 7) is 0.0465. The lowest BCUT2D eigenvalue weighted by Gasteiger charge is -2.27. The molecule has 1 aliphatic rings. The summed E-state index contributed by atoms with van der Waals surface area (Å²) in [6, 6.07) is 20.7. The van der Waals surface area contributed by atoms with Crippen LogP contribution in [0.2, 0.25) is 0 Å². The van der Waals surface area contributed by atoms with E-state index >= 15 is 0 Å². The van der Waals surface area contributed by atoms with Crippen LogP contribution in [0.3, 0.4) is 0 Å². The van der Waals surface area contributed by atoms with Crippen molar-refractivity contribution in [2.75, 3.05) is 6.26 Å². The highest BCUT2D eigenvalue weighted by atomic mass is 32.2. The number of thioether (sulfide) groups is 1. The Morgan fingerprint density at radius 1 is 0.828 bits per heavy atom. The van der Waals surface area contributed by atoms with E-state index in [9.17, 15) is 9.59 Å². The number of imide groups is 1. The fourth-order valence-corrected chi connectivity index (χ4v) is 4.25. The first kappa shape index (κ1) is 17.6. The Kier molecular flexibility index (Phi) is 4.17. The Balaban J connectivity index is 1.60. The number of hydrogen-bond donors (Lipinski definition) is 0. The summed E-state index contributed by atoms with van der Waals surface area (Å²) in [5, 5.41) is 10.8. The number of benzene rings is 3. The van der Waals surface area contributed by atoms with Gasteiger partial charge < -0.3 is 0 Å². The van der Waals surface area contributed by atoms with Crippen LogP contribution in [0.1, 0.15) is 26.5 Å². The molecule has 0 saturated heterocycles. The third-order valence-electron chi connectivity index (χ3n) is 5.05. The standard InChI is InChI=1S/C22H16N4O2S/c1-29-22-24-23-18(26(22)15-9-3-2-4-10-15)13-25-20(27)16-11-5-7-14-8-6-12-17(19(14)16)21(25)28/h2-12H,13H2,1H3. The second-order valence-electron chi connectivity index (χ2n) is 6.68. The summed E-state index contributed by atoms with van der Waals surface area (Å²) in [5.74, 6) is -0.0889. The average Bonchev–Trinajstić information content (AvgIpc) is 3.18. The van der Waals surface area contributed by atoms with Gasteiger partial charge in [-0.2, -0.15) is 0 Å². The molecule has 2 amide bonds. The van der Waals surface area contributed by atoms with Crippen molar-refractivity contribution < 1.29 is 9.59 Å². The molecular formula is C22H16N4O2S. The number of amides is 2. The highest BCUT2D eigenvalue weighted by Crippen LogP contribution is 2.31. The van der Waals surface area contributed by atoms with Gasteiger partial charge in [0.25, 0.3) is 11.8 Å². The lowest BCUT2D eigenvalue weighted by molar-refractivity contribution is 0.0593. The molecule has 0 atom stereocenters. The van der Waals surface area contributed by atoms with E-state index in [1.54, 1.807) is 12.1 Å². The monoisotopic (exact) mass is 400 g/mol. The van der Waals surface area contributed by atoms with Crippen LogP contribution >= 0.6 is 11.8 Å². The molecule has 142 valence electrons. The van der Waals surface area contributed by atoms with Crippen molar-refractivity contribution in [1.29, 1.82) is 0 Å². The molecule has 0 unspecified atom stereocenters. The van der Waals surface area contributed by atoms with Crippen LogP contribution < -0.4 is 0 Å². The summed E-state index contributed by atoms with van der Waals surface area (Å²) in [7, 11) is 0. The van der Waals surface area contributed by atoms with Crippen molar-refractivity contribution >= 4 is 34.3 Å². The Hall–Kier alpha value is -3.45. The molecule has 2 heterocycles.